The quantitative estimate of drug-likeness (QED) is 0.460. The van der Waals surface area contributed by atoms with E-state index in [0.717, 1.165) is 16.8 Å². The first kappa shape index (κ1) is 19.9. The summed E-state index contributed by atoms with van der Waals surface area (Å²) in [4.78, 5) is 19.6. The molecule has 0 bridgehead atoms. The number of alkyl halides is 2. The van der Waals surface area contributed by atoms with Crippen LogP contribution in [0.25, 0.3) is 11.3 Å². The van der Waals surface area contributed by atoms with Crippen LogP contribution in [0.2, 0.25) is 0 Å². The minimum atomic E-state index is -3.10. The van der Waals surface area contributed by atoms with Crippen LogP contribution in [0.5, 0.6) is 6.01 Å². The van der Waals surface area contributed by atoms with Crippen LogP contribution < -0.4 is 10.3 Å². The summed E-state index contributed by atoms with van der Waals surface area (Å²) in [5, 5.41) is 4.12. The van der Waals surface area contributed by atoms with Crippen molar-refractivity contribution in [3.8, 4) is 17.3 Å². The summed E-state index contributed by atoms with van der Waals surface area (Å²) < 4.78 is 58.1. The van der Waals surface area contributed by atoms with Gasteiger partial charge in [-0.25, -0.2) is 23.4 Å². The molecule has 28 heavy (non-hydrogen) atoms. The molecule has 0 N–H and O–H groups in total. The van der Waals surface area contributed by atoms with E-state index in [1.807, 2.05) is 0 Å². The van der Waals surface area contributed by atoms with Gasteiger partial charge < -0.3 is 4.74 Å². The predicted molar refractivity (Wildman–Crippen MR) is 95.1 cm³/mol. The summed E-state index contributed by atoms with van der Waals surface area (Å²) in [6, 6.07) is 5.42. The topological polar surface area (TPSA) is 69.9 Å². The second-order valence-electron chi connectivity index (χ2n) is 5.75. The van der Waals surface area contributed by atoms with Crippen LogP contribution in [-0.2, 0) is 6.54 Å². The van der Waals surface area contributed by atoms with Gasteiger partial charge in [0.05, 0.1) is 12.2 Å². The third-order valence-corrected chi connectivity index (χ3v) is 3.69. The van der Waals surface area contributed by atoms with Crippen molar-refractivity contribution in [1.29, 1.82) is 0 Å². The van der Waals surface area contributed by atoms with E-state index in [-0.39, 0.29) is 18.1 Å². The van der Waals surface area contributed by atoms with Crippen molar-refractivity contribution < 1.29 is 22.3 Å². The molecule has 0 aliphatic rings. The van der Waals surface area contributed by atoms with Gasteiger partial charge in [0, 0.05) is 35.7 Å². The lowest BCUT2D eigenvalue weighted by Crippen LogP contribution is -2.23. The Morgan fingerprint density at radius 3 is 2.46 bits per heavy atom. The van der Waals surface area contributed by atoms with E-state index >= 15 is 0 Å². The maximum Gasteiger partial charge on any atom is 0.316 e. The van der Waals surface area contributed by atoms with Crippen molar-refractivity contribution in [1.82, 2.24) is 19.7 Å². The van der Waals surface area contributed by atoms with E-state index in [4.69, 9.17) is 4.74 Å². The molecule has 1 atom stereocenters. The van der Waals surface area contributed by atoms with Gasteiger partial charge in [0.15, 0.2) is 6.61 Å². The zero-order chi connectivity index (χ0) is 20.3. The molecule has 146 valence electrons. The normalized spacial score (nSPS) is 11.5. The van der Waals surface area contributed by atoms with E-state index in [1.165, 1.54) is 39.8 Å². The van der Waals surface area contributed by atoms with Crippen LogP contribution in [0.4, 0.5) is 17.6 Å². The number of hydrogen-bond donors (Lipinski definition) is 0. The van der Waals surface area contributed by atoms with Gasteiger partial charge in [-0.1, -0.05) is 15.3 Å². The minimum Gasteiger partial charge on any atom is -0.457 e. The lowest BCUT2D eigenvalue weighted by molar-refractivity contribution is 0.0422. The lowest BCUT2D eigenvalue weighted by Gasteiger charge is -2.10. The predicted octanol–water partition coefficient (Wildman–Crippen LogP) is 2.87. The van der Waals surface area contributed by atoms with E-state index in [1.54, 1.807) is 0 Å². The van der Waals surface area contributed by atoms with E-state index < -0.39 is 29.5 Å². The molecule has 3 rings (SSSR count). The maximum atomic E-state index is 13.8. The maximum absolute atomic E-state index is 13.8. The molecule has 0 aliphatic carbocycles. The van der Waals surface area contributed by atoms with Gasteiger partial charge in [0.2, 0.25) is 0 Å². The van der Waals surface area contributed by atoms with E-state index in [0.29, 0.717) is 11.3 Å². The monoisotopic (exact) mass is 412 g/mol. The van der Waals surface area contributed by atoms with Gasteiger partial charge in [0.25, 0.3) is 11.2 Å². The second-order valence-corrected chi connectivity index (χ2v) is 6.60. The SMILES string of the molecule is O=c1ccc(-c2cnc(OCC(F)(F)P)nc2)nn1Cc1ccc(F)cc1F. The van der Waals surface area contributed by atoms with E-state index in [2.05, 4.69) is 15.1 Å². The smallest absolute Gasteiger partial charge is 0.316 e. The molecule has 1 aromatic carbocycles. The minimum absolute atomic E-state index is 0.0894. The van der Waals surface area contributed by atoms with Crippen LogP contribution in [0.1, 0.15) is 5.56 Å². The van der Waals surface area contributed by atoms with Crippen molar-refractivity contribution in [3.63, 3.8) is 0 Å². The average Bonchev–Trinajstić information content (AvgIpc) is 2.64. The van der Waals surface area contributed by atoms with Crippen LogP contribution >= 0.6 is 9.24 Å². The molecule has 0 saturated carbocycles. The molecular formula is C17H13F4N4O2P. The summed E-state index contributed by atoms with van der Waals surface area (Å²) in [5.41, 5.74) is -2.82. The largest absolute Gasteiger partial charge is 0.457 e. The first-order valence-corrected chi connectivity index (χ1v) is 8.43. The zero-order valence-electron chi connectivity index (χ0n) is 14.2. The lowest BCUT2D eigenvalue weighted by atomic mass is 10.2. The zero-order valence-corrected chi connectivity index (χ0v) is 15.3. The average molecular weight is 412 g/mol. The fourth-order valence-electron chi connectivity index (χ4n) is 2.21. The van der Waals surface area contributed by atoms with Crippen LogP contribution in [-0.4, -0.2) is 32.0 Å². The molecule has 0 saturated heterocycles. The number of nitrogens with zero attached hydrogens (tertiary/aromatic N) is 4. The molecule has 1 unspecified atom stereocenters. The third kappa shape index (κ3) is 5.10. The Labute approximate surface area is 158 Å². The van der Waals surface area contributed by atoms with Gasteiger partial charge >= 0.3 is 6.01 Å². The fraction of sp³-hybridized carbons (Fsp3) is 0.176. The Hall–Kier alpha value is -2.87. The van der Waals surface area contributed by atoms with Crippen LogP contribution in [0.15, 0.2) is 47.5 Å². The van der Waals surface area contributed by atoms with Gasteiger partial charge in [0.1, 0.15) is 11.6 Å². The number of hydrogen-bond acceptors (Lipinski definition) is 5. The molecule has 2 aromatic heterocycles. The van der Waals surface area contributed by atoms with Gasteiger partial charge in [-0.2, -0.15) is 13.9 Å². The Kier molecular flexibility index (Phi) is 5.69. The van der Waals surface area contributed by atoms with Crippen molar-refractivity contribution in [3.05, 3.63) is 70.3 Å². The highest BCUT2D eigenvalue weighted by Crippen LogP contribution is 2.22. The molecule has 3 aromatic rings. The Bertz CT molecular complexity index is 1040. The van der Waals surface area contributed by atoms with Crippen LogP contribution in [0, 0.1) is 11.6 Å². The van der Waals surface area contributed by atoms with Gasteiger partial charge in [-0.3, -0.25) is 4.79 Å². The molecule has 0 amide bonds. The number of aromatic nitrogens is 4. The van der Waals surface area contributed by atoms with Crippen molar-refractivity contribution in [2.24, 2.45) is 0 Å². The molecule has 0 spiro atoms. The summed E-state index contributed by atoms with van der Waals surface area (Å²) in [6.45, 7) is -1.10. The Morgan fingerprint density at radius 1 is 1.11 bits per heavy atom. The highest BCUT2D eigenvalue weighted by atomic mass is 31.0. The Balaban J connectivity index is 1.82. The first-order chi connectivity index (χ1) is 13.2. The summed E-state index contributed by atoms with van der Waals surface area (Å²) in [5.74, 6) is -1.52. The summed E-state index contributed by atoms with van der Waals surface area (Å²) in [6.07, 6.45) is 2.58. The molecule has 11 heteroatoms. The van der Waals surface area contributed by atoms with Gasteiger partial charge in [-0.15, -0.1) is 0 Å². The number of rotatable bonds is 6. The van der Waals surface area contributed by atoms with Crippen molar-refractivity contribution in [2.75, 3.05) is 6.61 Å². The second kappa shape index (κ2) is 8.02. The number of halogens is 4. The van der Waals surface area contributed by atoms with Crippen LogP contribution in [0.3, 0.4) is 0 Å². The summed E-state index contributed by atoms with van der Waals surface area (Å²) in [7, 11) is 1.34. The number of benzene rings is 1. The molecule has 0 radical (unpaired) electrons. The highest BCUT2D eigenvalue weighted by molar-refractivity contribution is 7.18. The molecule has 0 fully saturated rings. The number of ether oxygens (including phenoxy) is 1. The molecule has 0 aliphatic heterocycles. The molecule has 6 nitrogen and oxygen atoms in total. The molecule has 2 heterocycles. The summed E-state index contributed by atoms with van der Waals surface area (Å²) >= 11 is 0. The van der Waals surface area contributed by atoms with Crippen molar-refractivity contribution in [2.45, 2.75) is 12.2 Å². The third-order valence-electron chi connectivity index (χ3n) is 3.52. The first-order valence-electron chi connectivity index (χ1n) is 7.85. The Morgan fingerprint density at radius 2 is 1.82 bits per heavy atom. The highest BCUT2D eigenvalue weighted by Gasteiger charge is 2.22. The van der Waals surface area contributed by atoms with Crippen molar-refractivity contribution >= 4 is 9.24 Å². The molecular weight excluding hydrogens is 399 g/mol. The van der Waals surface area contributed by atoms with Gasteiger partial charge in [-0.05, 0) is 12.1 Å². The standard InChI is InChI=1S/C17H13F4N4O2P/c18-12-2-1-10(13(19)5-12)8-25-15(26)4-3-14(24-25)11-6-22-16(23-7-11)27-9-17(20,21)28/h1-7H,8-9,28H2. The fourth-order valence-corrected chi connectivity index (χ4v) is 2.29. The van der Waals surface area contributed by atoms with E-state index in [9.17, 15) is 22.4 Å².